The third-order valence-corrected chi connectivity index (χ3v) is 8.38. The van der Waals surface area contributed by atoms with E-state index in [1.165, 1.54) is 42.4 Å². The van der Waals surface area contributed by atoms with Crippen LogP contribution in [-0.2, 0) is 0 Å². The topological polar surface area (TPSA) is 17.4 Å². The lowest BCUT2D eigenvalue weighted by Crippen LogP contribution is -2.09. The van der Waals surface area contributed by atoms with Crippen LogP contribution in [0.2, 0.25) is 0 Å². The average molecular weight is 506 g/mol. The summed E-state index contributed by atoms with van der Waals surface area (Å²) < 4.78 is 0. The number of aromatic nitrogens is 1. The molecule has 0 atom stereocenters. The Bertz CT molecular complexity index is 1480. The molecule has 1 aliphatic heterocycles. The first kappa shape index (κ1) is 24.1. The first-order chi connectivity index (χ1) is 17.8. The van der Waals surface area contributed by atoms with Gasteiger partial charge in [-0.05, 0) is 40.6 Å². The number of benzene rings is 4. The predicted molar refractivity (Wildman–Crippen MR) is 158 cm³/mol. The fourth-order valence-corrected chi connectivity index (χ4v) is 6.54. The standard InChI is InChI=1S/C30H22N2S2.C2H6/c1-32-25-20-19-21-11-8-9-16-24(21)30(25)34-27(32)18-10-17-26-31-28(22-12-4-2-5-13-22)29(33-26)23-14-6-3-7-15-23;1-2/h2-20H,1H3;1-2H3/p+1/b17-10+,27-18+;. The molecule has 1 N–H and O–H groups in total. The second-order valence-corrected chi connectivity index (χ2v) is 10.3. The molecule has 0 bridgehead atoms. The van der Waals surface area contributed by atoms with Gasteiger partial charge in [0.25, 0.3) is 5.01 Å². The largest absolute Gasteiger partial charge is 0.338 e. The average Bonchev–Trinajstić information content (AvgIpc) is 3.52. The minimum atomic E-state index is 1.13. The van der Waals surface area contributed by atoms with Crippen molar-refractivity contribution in [2.45, 2.75) is 18.7 Å². The summed E-state index contributed by atoms with van der Waals surface area (Å²) in [7, 11) is 2.14. The Morgan fingerprint density at radius 1 is 0.750 bits per heavy atom. The van der Waals surface area contributed by atoms with Gasteiger partial charge < -0.3 is 4.90 Å². The molecule has 178 valence electrons. The first-order valence-corrected chi connectivity index (χ1v) is 13.9. The fraction of sp³-hybridized carbons (Fsp3) is 0.0938. The number of fused-ring (bicyclic) bond motifs is 3. The zero-order valence-electron chi connectivity index (χ0n) is 20.7. The fourth-order valence-electron chi connectivity index (χ4n) is 4.30. The van der Waals surface area contributed by atoms with E-state index in [2.05, 4.69) is 132 Å². The van der Waals surface area contributed by atoms with Crippen molar-refractivity contribution in [1.29, 1.82) is 0 Å². The van der Waals surface area contributed by atoms with Gasteiger partial charge in [0.1, 0.15) is 4.88 Å². The molecule has 0 radical (unpaired) electrons. The summed E-state index contributed by atoms with van der Waals surface area (Å²) in [6.45, 7) is 4.00. The van der Waals surface area contributed by atoms with Crippen LogP contribution in [-0.4, -0.2) is 7.05 Å². The van der Waals surface area contributed by atoms with Crippen LogP contribution in [0.25, 0.3) is 38.5 Å². The van der Waals surface area contributed by atoms with Gasteiger partial charge in [0.2, 0.25) is 5.69 Å². The number of nitrogens with zero attached hydrogens (tertiary/aromatic N) is 1. The highest BCUT2D eigenvalue weighted by Gasteiger charge is 2.24. The van der Waals surface area contributed by atoms with Crippen molar-refractivity contribution in [3.05, 3.63) is 119 Å². The van der Waals surface area contributed by atoms with Gasteiger partial charge >= 0.3 is 0 Å². The Labute approximate surface area is 221 Å². The molecule has 1 aromatic heterocycles. The second-order valence-electron chi connectivity index (χ2n) is 8.19. The zero-order chi connectivity index (χ0) is 24.9. The lowest BCUT2D eigenvalue weighted by atomic mass is 10.1. The number of nitrogens with one attached hydrogen (secondary N) is 1. The molecule has 36 heavy (non-hydrogen) atoms. The van der Waals surface area contributed by atoms with E-state index in [-0.39, 0.29) is 0 Å². The number of aromatic amines is 1. The number of H-pyrrole nitrogens is 1. The van der Waals surface area contributed by atoms with E-state index >= 15 is 0 Å². The third-order valence-electron chi connectivity index (χ3n) is 6.03. The molecule has 4 aromatic carbocycles. The Kier molecular flexibility index (Phi) is 7.36. The molecule has 2 nitrogen and oxygen atoms in total. The van der Waals surface area contributed by atoms with Crippen LogP contribution in [0.5, 0.6) is 0 Å². The smallest absolute Gasteiger partial charge is 0.261 e. The number of thioether (sulfide) groups is 1. The van der Waals surface area contributed by atoms with E-state index in [1.807, 2.05) is 25.6 Å². The maximum absolute atomic E-state index is 3.66. The number of allylic oxidation sites excluding steroid dienone is 2. The van der Waals surface area contributed by atoms with Crippen LogP contribution < -0.4 is 9.88 Å². The number of hydrogen-bond acceptors (Lipinski definition) is 3. The van der Waals surface area contributed by atoms with E-state index in [9.17, 15) is 0 Å². The summed E-state index contributed by atoms with van der Waals surface area (Å²) in [5, 5.41) is 4.96. The monoisotopic (exact) mass is 505 g/mol. The normalized spacial score (nSPS) is 13.8. The quantitative estimate of drug-likeness (QED) is 0.242. The molecule has 1 aliphatic rings. The number of anilines is 1. The van der Waals surface area contributed by atoms with Crippen molar-refractivity contribution in [3.63, 3.8) is 0 Å². The van der Waals surface area contributed by atoms with Gasteiger partial charge in [-0.2, -0.15) is 4.98 Å². The maximum Gasteiger partial charge on any atom is 0.261 e. The molecular formula is C32H29N2S2+. The predicted octanol–water partition coefficient (Wildman–Crippen LogP) is 9.17. The van der Waals surface area contributed by atoms with E-state index in [1.54, 1.807) is 11.3 Å². The summed E-state index contributed by atoms with van der Waals surface area (Å²) in [6, 6.07) is 34.2. The molecule has 0 amide bonds. The summed E-state index contributed by atoms with van der Waals surface area (Å²) in [5.41, 5.74) is 4.86. The van der Waals surface area contributed by atoms with Gasteiger partial charge in [-0.1, -0.05) is 122 Å². The van der Waals surface area contributed by atoms with Crippen LogP contribution in [0.15, 0.2) is 119 Å². The van der Waals surface area contributed by atoms with Gasteiger partial charge in [0.15, 0.2) is 0 Å². The minimum absolute atomic E-state index is 1.13. The van der Waals surface area contributed by atoms with E-state index in [4.69, 9.17) is 0 Å². The van der Waals surface area contributed by atoms with Crippen LogP contribution in [0.4, 0.5) is 5.69 Å². The molecule has 0 saturated heterocycles. The Hall–Kier alpha value is -3.60. The number of hydrogen-bond donors (Lipinski definition) is 0. The van der Waals surface area contributed by atoms with Crippen molar-refractivity contribution >= 4 is 45.6 Å². The Balaban J connectivity index is 0.00000130. The zero-order valence-corrected chi connectivity index (χ0v) is 22.4. The Morgan fingerprint density at radius 3 is 2.17 bits per heavy atom. The minimum Gasteiger partial charge on any atom is -0.338 e. The number of thiazole rings is 1. The van der Waals surface area contributed by atoms with E-state index in [0.29, 0.717) is 0 Å². The third kappa shape index (κ3) is 4.75. The van der Waals surface area contributed by atoms with E-state index in [0.717, 1.165) is 10.7 Å². The summed E-state index contributed by atoms with van der Waals surface area (Å²) in [6.07, 6.45) is 6.53. The highest BCUT2D eigenvalue weighted by atomic mass is 32.2. The van der Waals surface area contributed by atoms with E-state index < -0.39 is 0 Å². The first-order valence-electron chi connectivity index (χ1n) is 12.3. The van der Waals surface area contributed by atoms with Gasteiger partial charge in [-0.15, -0.1) is 0 Å². The van der Waals surface area contributed by atoms with Crippen LogP contribution in [0, 0.1) is 0 Å². The molecule has 0 unspecified atom stereocenters. The van der Waals surface area contributed by atoms with Crippen LogP contribution in [0.1, 0.15) is 18.9 Å². The molecule has 2 heterocycles. The molecule has 0 fully saturated rings. The van der Waals surface area contributed by atoms with Gasteiger partial charge in [0.05, 0.1) is 10.7 Å². The van der Waals surface area contributed by atoms with Crippen molar-refractivity contribution in [3.8, 4) is 21.7 Å². The Morgan fingerprint density at radius 2 is 1.42 bits per heavy atom. The lowest BCUT2D eigenvalue weighted by molar-refractivity contribution is -0.359. The molecule has 5 aromatic rings. The molecule has 0 spiro atoms. The summed E-state index contributed by atoms with van der Waals surface area (Å²) in [4.78, 5) is 8.52. The van der Waals surface area contributed by atoms with Gasteiger partial charge in [-0.3, -0.25) is 0 Å². The van der Waals surface area contributed by atoms with Crippen molar-refractivity contribution in [2.75, 3.05) is 11.9 Å². The highest BCUT2D eigenvalue weighted by molar-refractivity contribution is 8.04. The van der Waals surface area contributed by atoms with Crippen molar-refractivity contribution in [2.24, 2.45) is 0 Å². The van der Waals surface area contributed by atoms with Crippen molar-refractivity contribution in [1.82, 2.24) is 0 Å². The molecule has 0 saturated carbocycles. The number of rotatable bonds is 4. The second kappa shape index (κ2) is 11.0. The molecule has 6 rings (SSSR count). The van der Waals surface area contributed by atoms with Gasteiger partial charge in [-0.25, -0.2) is 0 Å². The highest BCUT2D eigenvalue weighted by Crippen LogP contribution is 2.48. The summed E-state index contributed by atoms with van der Waals surface area (Å²) >= 11 is 3.63. The van der Waals surface area contributed by atoms with Crippen LogP contribution >= 0.6 is 23.1 Å². The van der Waals surface area contributed by atoms with Gasteiger partial charge in [0, 0.05) is 23.6 Å². The molecule has 4 heteroatoms. The molecular weight excluding hydrogens is 477 g/mol. The maximum atomic E-state index is 3.66. The van der Waals surface area contributed by atoms with Crippen molar-refractivity contribution < 1.29 is 4.98 Å². The lowest BCUT2D eigenvalue weighted by Gasteiger charge is -2.13. The SMILES string of the molecule is CC.CN1/C(=C\C=C\c2[nH+]c(-c3ccccc3)c(-c3ccccc3)s2)Sc2c1ccc1ccccc21. The molecule has 0 aliphatic carbocycles. The summed E-state index contributed by atoms with van der Waals surface area (Å²) in [5.74, 6) is 0. The van der Waals surface area contributed by atoms with Crippen LogP contribution in [0.3, 0.4) is 0 Å².